The maximum absolute atomic E-state index is 5.46. The van der Waals surface area contributed by atoms with Gasteiger partial charge in [0.15, 0.2) is 0 Å². The highest BCUT2D eigenvalue weighted by Crippen LogP contribution is 1.93. The van der Waals surface area contributed by atoms with E-state index in [0.29, 0.717) is 24.1 Å². The molecule has 0 fully saturated rings. The Balaban J connectivity index is 2.98. The lowest BCUT2D eigenvalue weighted by Gasteiger charge is -2.06. The Labute approximate surface area is 67.2 Å². The van der Waals surface area contributed by atoms with Gasteiger partial charge in [-0.25, -0.2) is 0 Å². The van der Waals surface area contributed by atoms with Gasteiger partial charge in [-0.05, 0) is 5.92 Å². The summed E-state index contributed by atoms with van der Waals surface area (Å²) >= 11 is 5.46. The summed E-state index contributed by atoms with van der Waals surface area (Å²) in [4.78, 5) is 5.01. The molecule has 0 unspecified atom stereocenters. The van der Waals surface area contributed by atoms with Gasteiger partial charge in [-0.3, -0.25) is 0 Å². The number of halogens is 1. The molecule has 10 heavy (non-hydrogen) atoms. The smallest absolute Gasteiger partial charge is 0.0705 e. The second-order valence-electron chi connectivity index (χ2n) is 2.54. The summed E-state index contributed by atoms with van der Waals surface area (Å²) in [7, 11) is 0. The third-order valence-electron chi connectivity index (χ3n) is 0.783. The Morgan fingerprint density at radius 3 is 2.70 bits per heavy atom. The Bertz CT molecular complexity index is 104. The van der Waals surface area contributed by atoms with Crippen molar-refractivity contribution in [2.24, 2.45) is 5.92 Å². The van der Waals surface area contributed by atoms with Crippen molar-refractivity contribution in [3.63, 3.8) is 0 Å². The summed E-state index contributed by atoms with van der Waals surface area (Å²) in [5.41, 5.74) is 2.68. The van der Waals surface area contributed by atoms with Crippen molar-refractivity contribution in [2.45, 2.75) is 13.8 Å². The van der Waals surface area contributed by atoms with Gasteiger partial charge in [0, 0.05) is 5.03 Å². The second-order valence-corrected chi connectivity index (χ2v) is 3.08. The van der Waals surface area contributed by atoms with Gasteiger partial charge in [-0.1, -0.05) is 32.0 Å². The lowest BCUT2D eigenvalue weighted by molar-refractivity contribution is 0.0301. The SMILES string of the molecule is C=C(Cl)CNOCC(C)C. The first-order valence-electron chi connectivity index (χ1n) is 3.31. The van der Waals surface area contributed by atoms with Crippen LogP contribution in [0.15, 0.2) is 11.6 Å². The van der Waals surface area contributed by atoms with Gasteiger partial charge >= 0.3 is 0 Å². The first-order valence-corrected chi connectivity index (χ1v) is 3.68. The molecule has 0 aromatic heterocycles. The summed E-state index contributed by atoms with van der Waals surface area (Å²) in [5, 5.41) is 0.559. The fraction of sp³-hybridized carbons (Fsp3) is 0.714. The summed E-state index contributed by atoms with van der Waals surface area (Å²) in [5.74, 6) is 0.538. The summed E-state index contributed by atoms with van der Waals surface area (Å²) in [6.45, 7) is 8.86. The van der Waals surface area contributed by atoms with Gasteiger partial charge in [0.2, 0.25) is 0 Å². The molecule has 0 aliphatic carbocycles. The van der Waals surface area contributed by atoms with Crippen molar-refractivity contribution in [1.82, 2.24) is 5.48 Å². The Hall–Kier alpha value is -0.0500. The van der Waals surface area contributed by atoms with E-state index in [1.807, 2.05) is 0 Å². The van der Waals surface area contributed by atoms with E-state index in [1.54, 1.807) is 0 Å². The highest BCUT2D eigenvalue weighted by Gasteiger charge is 1.92. The minimum Gasteiger partial charge on any atom is -0.301 e. The van der Waals surface area contributed by atoms with Gasteiger partial charge < -0.3 is 4.84 Å². The van der Waals surface area contributed by atoms with E-state index in [-0.39, 0.29) is 0 Å². The molecule has 60 valence electrons. The Kier molecular flexibility index (Phi) is 5.69. The van der Waals surface area contributed by atoms with Crippen LogP contribution in [0.25, 0.3) is 0 Å². The molecule has 0 aromatic rings. The summed E-state index contributed by atoms with van der Waals surface area (Å²) < 4.78 is 0. The first kappa shape index (κ1) is 9.95. The second kappa shape index (κ2) is 5.71. The van der Waals surface area contributed by atoms with Gasteiger partial charge in [0.25, 0.3) is 0 Å². The number of nitrogens with one attached hydrogen (secondary N) is 1. The average Bonchev–Trinajstić information content (AvgIpc) is 1.79. The standard InChI is InChI=1S/C7H14ClNO/c1-6(2)5-10-9-4-7(3)8/h6,9H,3-5H2,1-2H3. The fourth-order valence-corrected chi connectivity index (χ4v) is 0.409. The number of rotatable bonds is 5. The molecule has 0 aliphatic rings. The Morgan fingerprint density at radius 1 is 1.70 bits per heavy atom. The normalized spacial score (nSPS) is 10.4. The van der Waals surface area contributed by atoms with E-state index in [9.17, 15) is 0 Å². The molecule has 0 rings (SSSR count). The summed E-state index contributed by atoms with van der Waals surface area (Å²) in [6.07, 6.45) is 0. The topological polar surface area (TPSA) is 21.3 Å². The Morgan fingerprint density at radius 2 is 2.30 bits per heavy atom. The number of hydrogen-bond donors (Lipinski definition) is 1. The van der Waals surface area contributed by atoms with Crippen molar-refractivity contribution < 1.29 is 4.84 Å². The van der Waals surface area contributed by atoms with Crippen LogP contribution in [0.2, 0.25) is 0 Å². The fourth-order valence-electron chi connectivity index (χ4n) is 0.355. The molecule has 0 aliphatic heterocycles. The highest BCUT2D eigenvalue weighted by atomic mass is 35.5. The number of hydroxylamine groups is 1. The molecular formula is C7H14ClNO. The molecule has 0 amide bonds. The highest BCUT2D eigenvalue weighted by molar-refractivity contribution is 6.29. The van der Waals surface area contributed by atoms with Crippen molar-refractivity contribution in [2.75, 3.05) is 13.2 Å². The van der Waals surface area contributed by atoms with Gasteiger partial charge in [0.1, 0.15) is 0 Å². The predicted octanol–water partition coefficient (Wildman–Crippen LogP) is 1.92. The van der Waals surface area contributed by atoms with E-state index in [1.165, 1.54) is 0 Å². The van der Waals surface area contributed by atoms with Crippen LogP contribution in [0, 0.1) is 5.92 Å². The van der Waals surface area contributed by atoms with Crippen LogP contribution in [-0.4, -0.2) is 13.2 Å². The lowest BCUT2D eigenvalue weighted by atomic mass is 10.2. The molecule has 0 heterocycles. The van der Waals surface area contributed by atoms with E-state index >= 15 is 0 Å². The molecule has 0 aromatic carbocycles. The minimum absolute atomic E-state index is 0.508. The molecule has 0 saturated carbocycles. The molecular weight excluding hydrogens is 150 g/mol. The zero-order chi connectivity index (χ0) is 7.98. The van der Waals surface area contributed by atoms with Crippen molar-refractivity contribution >= 4 is 11.6 Å². The van der Waals surface area contributed by atoms with E-state index in [0.717, 1.165) is 0 Å². The van der Waals surface area contributed by atoms with Crippen LogP contribution in [-0.2, 0) is 4.84 Å². The average molecular weight is 164 g/mol. The molecule has 0 bridgehead atoms. The molecule has 1 N–H and O–H groups in total. The molecule has 3 heteroatoms. The van der Waals surface area contributed by atoms with Crippen LogP contribution in [0.4, 0.5) is 0 Å². The van der Waals surface area contributed by atoms with Crippen LogP contribution < -0.4 is 5.48 Å². The van der Waals surface area contributed by atoms with Crippen LogP contribution in [0.1, 0.15) is 13.8 Å². The first-order chi connectivity index (χ1) is 4.63. The van der Waals surface area contributed by atoms with Gasteiger partial charge in [-0.2, -0.15) is 5.48 Å². The molecule has 0 saturated heterocycles. The maximum Gasteiger partial charge on any atom is 0.0705 e. The van der Waals surface area contributed by atoms with Crippen LogP contribution >= 0.6 is 11.6 Å². The largest absolute Gasteiger partial charge is 0.301 e. The van der Waals surface area contributed by atoms with Crippen molar-refractivity contribution in [3.8, 4) is 0 Å². The van der Waals surface area contributed by atoms with Crippen LogP contribution in [0.3, 0.4) is 0 Å². The van der Waals surface area contributed by atoms with E-state index in [4.69, 9.17) is 16.4 Å². The van der Waals surface area contributed by atoms with E-state index in [2.05, 4.69) is 25.9 Å². The van der Waals surface area contributed by atoms with Gasteiger partial charge in [-0.15, -0.1) is 0 Å². The molecule has 0 atom stereocenters. The molecule has 0 radical (unpaired) electrons. The van der Waals surface area contributed by atoms with Crippen LogP contribution in [0.5, 0.6) is 0 Å². The zero-order valence-corrected chi connectivity index (χ0v) is 7.24. The zero-order valence-electron chi connectivity index (χ0n) is 6.48. The quantitative estimate of drug-likeness (QED) is 0.494. The van der Waals surface area contributed by atoms with Crippen molar-refractivity contribution in [3.05, 3.63) is 11.6 Å². The minimum atomic E-state index is 0.508. The summed E-state index contributed by atoms with van der Waals surface area (Å²) in [6, 6.07) is 0. The lowest BCUT2D eigenvalue weighted by Crippen LogP contribution is -2.18. The third-order valence-corrected chi connectivity index (χ3v) is 0.916. The maximum atomic E-state index is 5.46. The van der Waals surface area contributed by atoms with E-state index < -0.39 is 0 Å². The predicted molar refractivity (Wildman–Crippen MR) is 43.8 cm³/mol. The molecule has 2 nitrogen and oxygen atoms in total. The third kappa shape index (κ3) is 7.95. The number of hydrogen-bond acceptors (Lipinski definition) is 2. The molecule has 0 spiro atoms. The monoisotopic (exact) mass is 163 g/mol. The van der Waals surface area contributed by atoms with Gasteiger partial charge in [0.05, 0.1) is 13.2 Å². The van der Waals surface area contributed by atoms with Crippen molar-refractivity contribution in [1.29, 1.82) is 0 Å².